The predicted molar refractivity (Wildman–Crippen MR) is 192 cm³/mol. The van der Waals surface area contributed by atoms with Crippen LogP contribution in [0.25, 0.3) is 0 Å². The summed E-state index contributed by atoms with van der Waals surface area (Å²) in [6.07, 6.45) is 7.03. The van der Waals surface area contributed by atoms with Crippen molar-refractivity contribution in [3.63, 3.8) is 0 Å². The Kier molecular flexibility index (Phi) is 10.4. The van der Waals surface area contributed by atoms with Gasteiger partial charge in [-0.3, -0.25) is 24.0 Å². The van der Waals surface area contributed by atoms with Crippen LogP contribution in [0.2, 0.25) is 0 Å². The van der Waals surface area contributed by atoms with E-state index in [-0.39, 0.29) is 36.6 Å². The van der Waals surface area contributed by atoms with Crippen molar-refractivity contribution >= 4 is 56.9 Å². The van der Waals surface area contributed by atoms with Crippen LogP contribution in [0.15, 0.2) is 30.4 Å². The van der Waals surface area contributed by atoms with Crippen LogP contribution >= 0.6 is 12.2 Å². The van der Waals surface area contributed by atoms with Crippen molar-refractivity contribution in [3.8, 4) is 0 Å². The smallest absolute Gasteiger partial charge is 0.414 e. The van der Waals surface area contributed by atoms with Crippen LogP contribution in [0.3, 0.4) is 0 Å². The molecule has 51 heavy (non-hydrogen) atoms. The third-order valence-electron chi connectivity index (χ3n) is 10.1. The lowest BCUT2D eigenvalue weighted by Crippen LogP contribution is -2.59. The molecule has 1 aromatic carbocycles. The summed E-state index contributed by atoms with van der Waals surface area (Å²) in [5.74, 6) is -2.74. The number of rotatable bonds is 5. The van der Waals surface area contributed by atoms with E-state index in [2.05, 4.69) is 20.7 Å². The molecule has 0 unspecified atom stereocenters. The summed E-state index contributed by atoms with van der Waals surface area (Å²) in [4.78, 5) is 58.4. The van der Waals surface area contributed by atoms with Crippen LogP contribution in [0.5, 0.6) is 0 Å². The van der Waals surface area contributed by atoms with Gasteiger partial charge in [0.1, 0.15) is 29.5 Å². The zero-order chi connectivity index (χ0) is 36.7. The number of allylic oxidation sites excluding steroid dienone is 1. The summed E-state index contributed by atoms with van der Waals surface area (Å²) >= 11 is 5.56. The number of halogens is 1. The van der Waals surface area contributed by atoms with Crippen molar-refractivity contribution in [3.05, 3.63) is 41.7 Å². The second kappa shape index (κ2) is 14.3. The van der Waals surface area contributed by atoms with Crippen LogP contribution in [0.1, 0.15) is 84.1 Å². The highest BCUT2D eigenvalue weighted by molar-refractivity contribution is 7.91. The van der Waals surface area contributed by atoms with Gasteiger partial charge in [-0.25, -0.2) is 17.6 Å². The summed E-state index contributed by atoms with van der Waals surface area (Å²) in [7, 11) is -3.89. The number of benzene rings is 1. The van der Waals surface area contributed by atoms with Crippen LogP contribution in [-0.4, -0.2) is 89.8 Å². The van der Waals surface area contributed by atoms with Gasteiger partial charge in [-0.05, 0) is 90.1 Å². The molecule has 16 heteroatoms. The minimum absolute atomic E-state index is 0.0663. The van der Waals surface area contributed by atoms with Crippen LogP contribution in [0.4, 0.5) is 14.9 Å². The molecule has 2 aliphatic carbocycles. The fourth-order valence-corrected chi connectivity index (χ4v) is 8.98. The van der Waals surface area contributed by atoms with Crippen molar-refractivity contribution in [2.75, 3.05) is 18.0 Å². The number of thiocarbonyl (C=S) groups is 1. The van der Waals surface area contributed by atoms with E-state index < -0.39 is 74.5 Å². The Morgan fingerprint density at radius 2 is 1.88 bits per heavy atom. The van der Waals surface area contributed by atoms with Gasteiger partial charge in [-0.15, -0.1) is 0 Å². The minimum Gasteiger partial charge on any atom is -0.444 e. The third-order valence-corrected chi connectivity index (χ3v) is 12.1. The number of carbonyl (C=O) groups is 4. The molecule has 13 nitrogen and oxygen atoms in total. The number of fused-ring (bicyclic) bond motifs is 3. The maximum absolute atomic E-state index is 14.4. The zero-order valence-corrected chi connectivity index (χ0v) is 30.8. The number of carbonyl (C=O) groups excluding carboxylic acids is 4. The Balaban J connectivity index is 1.27. The molecule has 0 radical (unpaired) electrons. The molecular formula is C35H47FN6O7S2. The number of nitrogens with one attached hydrogen (secondary N) is 4. The zero-order valence-electron chi connectivity index (χ0n) is 29.2. The standard InChI is InChI=1S/C35H47FN6O7S2/c1-34(2,3)39-32(50)37-26-12-8-6-4-5-7-10-21-19-35(21,31(45)40-51(47,48)23-14-15-23)38-29(43)28-18-22(20-42(28)30(26)44)49-33(46)41-17-16-24-25(36)11-9-13-27(24)41/h7,9-11,13,21-23,26,28H,4-6,8,12,14-20H2,1-3H3,(H,38,43)(H,40,45)(H2,37,39,50)/t21-,22-,26+,28+,35-/m1/s1. The highest BCUT2D eigenvalue weighted by Crippen LogP contribution is 2.46. The van der Waals surface area contributed by atoms with Gasteiger partial charge in [0, 0.05) is 30.0 Å². The quantitative estimate of drug-likeness (QED) is 0.260. The first-order valence-electron chi connectivity index (χ1n) is 17.8. The number of anilines is 1. The molecule has 4 amide bonds. The molecule has 0 aromatic heterocycles. The lowest BCUT2D eigenvalue weighted by Gasteiger charge is -2.31. The molecule has 4 N–H and O–H groups in total. The number of ether oxygens (including phenoxy) is 1. The second-order valence-electron chi connectivity index (χ2n) is 15.3. The molecule has 3 fully saturated rings. The van der Waals surface area contributed by atoms with Crippen LogP contribution in [-0.2, 0) is 35.6 Å². The average molecular weight is 747 g/mol. The van der Waals surface area contributed by atoms with E-state index >= 15 is 0 Å². The van der Waals surface area contributed by atoms with E-state index in [1.165, 1.54) is 21.9 Å². The maximum Gasteiger partial charge on any atom is 0.414 e. The molecule has 0 spiro atoms. The fourth-order valence-electron chi connectivity index (χ4n) is 7.17. The molecule has 1 aromatic rings. The SMILES string of the molecule is CC(C)(C)NC(=S)N[C@H]1CCCCCC=C[C@@H]2C[C@@]2(C(=O)NS(=O)(=O)C2CC2)NC(=O)[C@@H]2C[C@@H](OC(=O)N3CCc4c(F)cccc43)CN2C1=O. The van der Waals surface area contributed by atoms with Crippen molar-refractivity contribution in [1.82, 2.24) is 25.6 Å². The Morgan fingerprint density at radius 1 is 1.12 bits per heavy atom. The van der Waals surface area contributed by atoms with Crippen molar-refractivity contribution in [2.45, 2.75) is 119 Å². The van der Waals surface area contributed by atoms with Gasteiger partial charge < -0.3 is 25.6 Å². The minimum atomic E-state index is -3.89. The molecule has 3 aliphatic heterocycles. The van der Waals surface area contributed by atoms with Crippen molar-refractivity contribution < 1.29 is 36.7 Å². The molecule has 1 saturated heterocycles. The summed E-state index contributed by atoms with van der Waals surface area (Å²) in [6, 6.07) is 2.54. The number of nitrogens with zero attached hydrogens (tertiary/aromatic N) is 2. The first-order chi connectivity index (χ1) is 24.1. The molecule has 5 atom stereocenters. The second-order valence-corrected chi connectivity index (χ2v) is 17.7. The monoisotopic (exact) mass is 746 g/mol. The Hall–Kier alpha value is -3.79. The van der Waals surface area contributed by atoms with E-state index in [0.29, 0.717) is 49.8 Å². The Bertz CT molecular complexity index is 1730. The van der Waals surface area contributed by atoms with Gasteiger partial charge in [0.2, 0.25) is 21.8 Å². The van der Waals surface area contributed by atoms with Gasteiger partial charge >= 0.3 is 6.09 Å². The summed E-state index contributed by atoms with van der Waals surface area (Å²) in [6.45, 7) is 5.92. The number of hydrogen-bond donors (Lipinski definition) is 4. The van der Waals surface area contributed by atoms with E-state index in [9.17, 15) is 32.0 Å². The third kappa shape index (κ3) is 8.32. The van der Waals surface area contributed by atoms with Gasteiger partial charge in [0.05, 0.1) is 17.5 Å². The van der Waals surface area contributed by atoms with Crippen molar-refractivity contribution in [2.24, 2.45) is 5.92 Å². The summed E-state index contributed by atoms with van der Waals surface area (Å²) in [5.41, 5.74) is -1.07. The van der Waals surface area contributed by atoms with E-state index in [1.807, 2.05) is 32.9 Å². The predicted octanol–water partition coefficient (Wildman–Crippen LogP) is 2.93. The largest absolute Gasteiger partial charge is 0.444 e. The molecule has 5 aliphatic rings. The average Bonchev–Trinajstić information content (AvgIpc) is 3.93. The van der Waals surface area contributed by atoms with Gasteiger partial charge in [0.15, 0.2) is 5.11 Å². The highest BCUT2D eigenvalue weighted by atomic mass is 32.2. The molecule has 278 valence electrons. The van der Waals surface area contributed by atoms with Crippen LogP contribution < -0.4 is 25.6 Å². The molecular weight excluding hydrogens is 700 g/mol. The van der Waals surface area contributed by atoms with Gasteiger partial charge in [-0.2, -0.15) is 0 Å². The van der Waals surface area contributed by atoms with Gasteiger partial charge in [-0.1, -0.05) is 31.1 Å². The summed E-state index contributed by atoms with van der Waals surface area (Å²) in [5, 5.41) is 8.79. The lowest BCUT2D eigenvalue weighted by molar-refractivity contribution is -0.141. The van der Waals surface area contributed by atoms with E-state index in [0.717, 1.165) is 12.8 Å². The first-order valence-corrected chi connectivity index (χ1v) is 19.7. The van der Waals surface area contributed by atoms with E-state index in [1.54, 1.807) is 6.07 Å². The molecule has 0 bridgehead atoms. The van der Waals surface area contributed by atoms with E-state index in [4.69, 9.17) is 17.0 Å². The number of amides is 4. The molecule has 2 saturated carbocycles. The lowest BCUT2D eigenvalue weighted by atomic mass is 10.0. The van der Waals surface area contributed by atoms with Crippen molar-refractivity contribution in [1.29, 1.82) is 0 Å². The summed E-state index contributed by atoms with van der Waals surface area (Å²) < 4.78 is 48.0. The van der Waals surface area contributed by atoms with Gasteiger partial charge in [0.25, 0.3) is 5.91 Å². The fraction of sp³-hybridized carbons (Fsp3) is 0.629. The number of hydrogen-bond acceptors (Lipinski definition) is 8. The molecule has 6 rings (SSSR count). The normalized spacial score (nSPS) is 28.3. The topological polar surface area (TPSA) is 166 Å². The molecule has 3 heterocycles. The van der Waals surface area contributed by atoms with Crippen LogP contribution in [0, 0.1) is 11.7 Å². The first kappa shape index (κ1) is 37.0. The highest BCUT2D eigenvalue weighted by Gasteiger charge is 2.62. The number of sulfonamides is 1. The maximum atomic E-state index is 14.4. The Morgan fingerprint density at radius 3 is 2.61 bits per heavy atom. The Labute approximate surface area is 303 Å².